The van der Waals surface area contributed by atoms with Gasteiger partial charge in [0.15, 0.2) is 0 Å². The molecule has 0 aliphatic heterocycles. The van der Waals surface area contributed by atoms with Crippen molar-refractivity contribution in [3.8, 4) is 0 Å². The molecule has 0 rings (SSSR count). The van der Waals surface area contributed by atoms with E-state index < -0.39 is 0 Å². The van der Waals surface area contributed by atoms with Gasteiger partial charge in [-0.2, -0.15) is 0 Å². The van der Waals surface area contributed by atoms with Gasteiger partial charge in [0.25, 0.3) is 0 Å². The van der Waals surface area contributed by atoms with Crippen LogP contribution in [-0.2, 0) is 5.11 Å². The third-order valence-corrected chi connectivity index (χ3v) is 0.530. The Labute approximate surface area is 42.2 Å². The fourth-order valence-electron chi connectivity index (χ4n) is 0.131. The van der Waals surface area contributed by atoms with E-state index in [2.05, 4.69) is 0 Å². The number of halogens is 1. The fourth-order valence-corrected chi connectivity index (χ4v) is 0.257. The second-order valence-electron chi connectivity index (χ2n) is 0.792. The summed E-state index contributed by atoms with van der Waals surface area (Å²) in [5.74, 6) is 0.447. The Morgan fingerprint density at radius 2 is 2.17 bits per heavy atom. The molecule has 0 aromatic carbocycles. The topological polar surface area (TPSA) is 19.9 Å². The van der Waals surface area contributed by atoms with E-state index >= 15 is 0 Å². The highest BCUT2D eigenvalue weighted by Crippen LogP contribution is 1.74. The highest BCUT2D eigenvalue weighted by atomic mass is 35.5. The molecule has 6 heavy (non-hydrogen) atoms. The van der Waals surface area contributed by atoms with Crippen molar-refractivity contribution in [2.24, 2.45) is 0 Å². The van der Waals surface area contributed by atoms with Crippen molar-refractivity contribution >= 4 is 11.6 Å². The quantitative estimate of drug-likeness (QED) is 0.372. The number of rotatable bonds is 2. The average Bonchev–Trinajstić information content (AvgIpc) is 1.61. The molecule has 0 aliphatic carbocycles. The summed E-state index contributed by atoms with van der Waals surface area (Å²) in [7, 11) is 0. The van der Waals surface area contributed by atoms with Crippen LogP contribution in [0, 0.1) is 0 Å². The molecule has 0 N–H and O–H groups in total. The normalized spacial score (nSPS) is 10.3. The first-order valence-corrected chi connectivity index (χ1v) is 2.24. The van der Waals surface area contributed by atoms with Crippen LogP contribution < -0.4 is 0 Å². The van der Waals surface area contributed by atoms with Gasteiger partial charge in [0, 0.05) is 5.88 Å². The Morgan fingerprint density at radius 1 is 1.50 bits per heavy atom. The summed E-state index contributed by atoms with van der Waals surface area (Å²) in [6, 6.07) is 0. The molecule has 1 nitrogen and oxygen atoms in total. The number of hydrogen-bond donors (Lipinski definition) is 0. The van der Waals surface area contributed by atoms with Gasteiger partial charge in [0.1, 0.15) is 6.61 Å². The minimum atomic E-state index is -0.160. The molecular formula is C4H6ClO. The van der Waals surface area contributed by atoms with Crippen LogP contribution in [0.5, 0.6) is 0 Å². The van der Waals surface area contributed by atoms with Crippen LogP contribution >= 0.6 is 11.6 Å². The molecule has 0 saturated carbocycles. The predicted octanol–water partition coefficient (Wildman–Crippen LogP) is 1.21. The van der Waals surface area contributed by atoms with Crippen molar-refractivity contribution in [2.75, 3.05) is 12.5 Å². The average molecular weight is 106 g/mol. The number of alkyl halides is 1. The zero-order valence-corrected chi connectivity index (χ0v) is 4.11. The maximum absolute atomic E-state index is 9.54. The van der Waals surface area contributed by atoms with E-state index in [1.54, 1.807) is 6.08 Å². The Balaban J connectivity index is 2.73. The highest BCUT2D eigenvalue weighted by molar-refractivity contribution is 6.18. The van der Waals surface area contributed by atoms with Crippen LogP contribution in [0.4, 0.5) is 0 Å². The van der Waals surface area contributed by atoms with Gasteiger partial charge >= 0.3 is 0 Å². The minimum Gasteiger partial charge on any atom is -0.232 e. The Hall–Kier alpha value is -0.0100. The van der Waals surface area contributed by atoms with E-state index in [4.69, 9.17) is 11.6 Å². The monoisotopic (exact) mass is 105 g/mol. The molecular weight excluding hydrogens is 99.5 g/mol. The van der Waals surface area contributed by atoms with Gasteiger partial charge in [0.05, 0.1) is 0 Å². The third kappa shape index (κ3) is 3.99. The lowest BCUT2D eigenvalue weighted by Gasteiger charge is -1.69. The first kappa shape index (κ1) is 5.99. The molecule has 0 aromatic heterocycles. The lowest BCUT2D eigenvalue weighted by atomic mass is 10.6. The largest absolute Gasteiger partial charge is 0.232 e. The molecule has 0 bridgehead atoms. The molecule has 0 unspecified atom stereocenters. The predicted molar refractivity (Wildman–Crippen MR) is 25.4 cm³/mol. The fraction of sp³-hybridized carbons (Fsp3) is 0.500. The smallest absolute Gasteiger partial charge is 0.100 e. The highest BCUT2D eigenvalue weighted by Gasteiger charge is 1.64. The summed E-state index contributed by atoms with van der Waals surface area (Å²) < 4.78 is 0. The van der Waals surface area contributed by atoms with E-state index in [0.29, 0.717) is 5.88 Å². The molecule has 0 aromatic rings. The maximum Gasteiger partial charge on any atom is 0.100 e. The third-order valence-electron chi connectivity index (χ3n) is 0.352. The zero-order chi connectivity index (χ0) is 4.83. The van der Waals surface area contributed by atoms with Gasteiger partial charge in [-0.05, 0) is 0 Å². The van der Waals surface area contributed by atoms with Crippen LogP contribution in [-0.4, -0.2) is 12.5 Å². The van der Waals surface area contributed by atoms with Gasteiger partial charge in [-0.1, -0.05) is 12.2 Å². The second kappa shape index (κ2) is 4.99. The van der Waals surface area contributed by atoms with Crippen LogP contribution in [0.25, 0.3) is 0 Å². The molecule has 0 atom stereocenters. The van der Waals surface area contributed by atoms with E-state index in [-0.39, 0.29) is 6.61 Å². The van der Waals surface area contributed by atoms with Gasteiger partial charge in [-0.25, -0.2) is 5.11 Å². The van der Waals surface area contributed by atoms with Crippen molar-refractivity contribution in [1.82, 2.24) is 0 Å². The van der Waals surface area contributed by atoms with E-state index in [1.165, 1.54) is 6.08 Å². The second-order valence-corrected chi connectivity index (χ2v) is 1.10. The molecule has 0 fully saturated rings. The molecule has 1 radical (unpaired) electrons. The summed E-state index contributed by atoms with van der Waals surface area (Å²) in [6.45, 7) is -0.160. The van der Waals surface area contributed by atoms with E-state index in [1.807, 2.05) is 0 Å². The van der Waals surface area contributed by atoms with Gasteiger partial charge in [-0.3, -0.25) is 0 Å². The number of hydrogen-bond acceptors (Lipinski definition) is 0. The molecule has 2 heteroatoms. The summed E-state index contributed by atoms with van der Waals surface area (Å²) in [5, 5.41) is 9.54. The van der Waals surface area contributed by atoms with Crippen molar-refractivity contribution in [3.63, 3.8) is 0 Å². The van der Waals surface area contributed by atoms with Crippen molar-refractivity contribution in [1.29, 1.82) is 0 Å². The standard InChI is InChI=1S/C4H6ClO/c5-3-1-2-4-6/h1-2H,3-4H2/b2-1+. The van der Waals surface area contributed by atoms with Crippen molar-refractivity contribution in [2.45, 2.75) is 0 Å². The van der Waals surface area contributed by atoms with Crippen LogP contribution in [0.3, 0.4) is 0 Å². The van der Waals surface area contributed by atoms with E-state index in [0.717, 1.165) is 0 Å². The SMILES string of the molecule is [O]C/C=C/CCl. The molecule has 0 saturated heterocycles. The van der Waals surface area contributed by atoms with Crippen LogP contribution in [0.15, 0.2) is 12.2 Å². The van der Waals surface area contributed by atoms with Crippen LogP contribution in [0.2, 0.25) is 0 Å². The van der Waals surface area contributed by atoms with Crippen LogP contribution in [0.1, 0.15) is 0 Å². The lowest BCUT2D eigenvalue weighted by Crippen LogP contribution is -1.66. The summed E-state index contributed by atoms with van der Waals surface area (Å²) in [6.07, 6.45) is 3.13. The lowest BCUT2D eigenvalue weighted by molar-refractivity contribution is 0.232. The van der Waals surface area contributed by atoms with Crippen molar-refractivity contribution in [3.05, 3.63) is 12.2 Å². The first-order valence-electron chi connectivity index (χ1n) is 1.71. The van der Waals surface area contributed by atoms with Gasteiger partial charge in [-0.15, -0.1) is 11.6 Å². The van der Waals surface area contributed by atoms with Gasteiger partial charge in [0.2, 0.25) is 0 Å². The first-order chi connectivity index (χ1) is 2.91. The minimum absolute atomic E-state index is 0.160. The van der Waals surface area contributed by atoms with Crippen molar-refractivity contribution < 1.29 is 5.11 Å². The maximum atomic E-state index is 9.54. The Bertz CT molecular complexity index is 36.8. The molecule has 0 amide bonds. The van der Waals surface area contributed by atoms with E-state index in [9.17, 15) is 5.11 Å². The summed E-state index contributed by atoms with van der Waals surface area (Å²) in [4.78, 5) is 0. The molecule has 0 spiro atoms. The summed E-state index contributed by atoms with van der Waals surface area (Å²) >= 11 is 5.15. The molecule has 35 valence electrons. The number of allylic oxidation sites excluding steroid dienone is 1. The Morgan fingerprint density at radius 3 is 2.33 bits per heavy atom. The summed E-state index contributed by atoms with van der Waals surface area (Å²) in [5.41, 5.74) is 0. The molecule has 0 heterocycles. The van der Waals surface area contributed by atoms with Gasteiger partial charge < -0.3 is 0 Å². The Kier molecular flexibility index (Phi) is 4.98. The zero-order valence-electron chi connectivity index (χ0n) is 3.36. The molecule has 0 aliphatic rings.